The number of piperidine rings is 1. The van der Waals surface area contributed by atoms with Crippen molar-refractivity contribution in [2.45, 2.75) is 38.6 Å². The number of rotatable bonds is 2. The Morgan fingerprint density at radius 1 is 1.41 bits per heavy atom. The van der Waals surface area contributed by atoms with Crippen LogP contribution in [0.5, 0.6) is 0 Å². The molecule has 0 radical (unpaired) electrons. The number of nitrogens with one attached hydrogen (secondary N) is 1. The van der Waals surface area contributed by atoms with Crippen molar-refractivity contribution >= 4 is 11.1 Å². The normalized spacial score (nSPS) is 20.9. The Labute approximate surface area is 101 Å². The van der Waals surface area contributed by atoms with Gasteiger partial charge in [-0.05, 0) is 37.9 Å². The van der Waals surface area contributed by atoms with E-state index in [1.807, 2.05) is 12.1 Å². The molecule has 1 saturated heterocycles. The van der Waals surface area contributed by atoms with Crippen LogP contribution in [0.2, 0.25) is 0 Å². The minimum absolute atomic E-state index is 0.539. The first-order chi connectivity index (χ1) is 8.33. The minimum atomic E-state index is 0.539. The maximum Gasteiger partial charge on any atom is 0.197 e. The number of aryl methyl sites for hydroxylation is 1. The molecule has 17 heavy (non-hydrogen) atoms. The van der Waals surface area contributed by atoms with E-state index in [0.29, 0.717) is 6.04 Å². The van der Waals surface area contributed by atoms with Crippen molar-refractivity contribution in [3.63, 3.8) is 0 Å². The molecule has 1 atom stereocenters. The van der Waals surface area contributed by atoms with Gasteiger partial charge < -0.3 is 9.73 Å². The molecule has 1 aliphatic rings. The number of hydrogen-bond acceptors (Lipinski definition) is 3. The molecule has 90 valence electrons. The predicted octanol–water partition coefficient (Wildman–Crippen LogP) is 2.82. The summed E-state index contributed by atoms with van der Waals surface area (Å²) in [4.78, 5) is 4.60. The standard InChI is InChI=1S/C14H18N2O/c1-10-5-4-7-12-14(10)16-13(17-12)9-11-6-2-3-8-15-11/h4-5,7,11,15H,2-3,6,8-9H2,1H3. The molecule has 0 spiro atoms. The zero-order valence-corrected chi connectivity index (χ0v) is 10.2. The molecule has 1 aromatic heterocycles. The maximum absolute atomic E-state index is 5.80. The second-order valence-electron chi connectivity index (χ2n) is 4.88. The molecular weight excluding hydrogens is 212 g/mol. The molecule has 0 amide bonds. The molecule has 1 N–H and O–H groups in total. The van der Waals surface area contributed by atoms with Crippen molar-refractivity contribution in [3.05, 3.63) is 29.7 Å². The van der Waals surface area contributed by atoms with E-state index < -0.39 is 0 Å². The molecule has 0 saturated carbocycles. The van der Waals surface area contributed by atoms with Crippen molar-refractivity contribution in [1.82, 2.24) is 10.3 Å². The summed E-state index contributed by atoms with van der Waals surface area (Å²) in [5.41, 5.74) is 3.11. The van der Waals surface area contributed by atoms with Gasteiger partial charge in [-0.25, -0.2) is 4.98 Å². The van der Waals surface area contributed by atoms with Gasteiger partial charge in [-0.15, -0.1) is 0 Å². The van der Waals surface area contributed by atoms with Gasteiger partial charge in [0.15, 0.2) is 11.5 Å². The molecule has 3 nitrogen and oxygen atoms in total. The summed E-state index contributed by atoms with van der Waals surface area (Å²) in [6, 6.07) is 6.63. The molecule has 0 bridgehead atoms. The second kappa shape index (κ2) is 4.49. The molecule has 3 heteroatoms. The van der Waals surface area contributed by atoms with E-state index in [1.54, 1.807) is 0 Å². The number of aromatic nitrogens is 1. The van der Waals surface area contributed by atoms with Crippen LogP contribution in [0, 0.1) is 6.92 Å². The summed E-state index contributed by atoms with van der Waals surface area (Å²) in [5, 5.41) is 3.53. The van der Waals surface area contributed by atoms with E-state index in [2.05, 4.69) is 23.3 Å². The van der Waals surface area contributed by atoms with Crippen LogP contribution in [-0.2, 0) is 6.42 Å². The first-order valence-electron chi connectivity index (χ1n) is 6.41. The topological polar surface area (TPSA) is 38.1 Å². The van der Waals surface area contributed by atoms with Crippen LogP contribution >= 0.6 is 0 Å². The lowest BCUT2D eigenvalue weighted by atomic mass is 10.0. The fourth-order valence-electron chi connectivity index (χ4n) is 2.53. The van der Waals surface area contributed by atoms with Crippen LogP contribution in [0.3, 0.4) is 0 Å². The molecule has 2 aromatic rings. The number of oxazole rings is 1. The number of benzene rings is 1. The Balaban J connectivity index is 1.83. The third kappa shape index (κ3) is 2.20. The summed E-state index contributed by atoms with van der Waals surface area (Å²) < 4.78 is 5.80. The average Bonchev–Trinajstić information content (AvgIpc) is 2.74. The van der Waals surface area contributed by atoms with Gasteiger partial charge in [0.05, 0.1) is 0 Å². The molecular formula is C14H18N2O. The van der Waals surface area contributed by atoms with E-state index in [-0.39, 0.29) is 0 Å². The van der Waals surface area contributed by atoms with Gasteiger partial charge in [0, 0.05) is 12.5 Å². The lowest BCUT2D eigenvalue weighted by Crippen LogP contribution is -2.35. The summed E-state index contributed by atoms with van der Waals surface area (Å²) in [6.07, 6.45) is 4.76. The second-order valence-corrected chi connectivity index (χ2v) is 4.88. The van der Waals surface area contributed by atoms with Crippen LogP contribution in [0.25, 0.3) is 11.1 Å². The number of hydrogen-bond donors (Lipinski definition) is 1. The van der Waals surface area contributed by atoms with Gasteiger partial charge >= 0.3 is 0 Å². The summed E-state index contributed by atoms with van der Waals surface area (Å²) >= 11 is 0. The van der Waals surface area contributed by atoms with E-state index >= 15 is 0 Å². The van der Waals surface area contributed by atoms with Crippen LogP contribution in [-0.4, -0.2) is 17.6 Å². The van der Waals surface area contributed by atoms with E-state index in [0.717, 1.165) is 30.0 Å². The van der Waals surface area contributed by atoms with Crippen molar-refractivity contribution in [2.75, 3.05) is 6.54 Å². The van der Waals surface area contributed by atoms with Gasteiger partial charge in [0.2, 0.25) is 0 Å². The largest absolute Gasteiger partial charge is 0.441 e. The highest BCUT2D eigenvalue weighted by Crippen LogP contribution is 2.20. The van der Waals surface area contributed by atoms with E-state index in [4.69, 9.17) is 4.42 Å². The van der Waals surface area contributed by atoms with E-state index in [1.165, 1.54) is 24.8 Å². The molecule has 1 aliphatic heterocycles. The van der Waals surface area contributed by atoms with Gasteiger partial charge in [-0.1, -0.05) is 18.6 Å². The fourth-order valence-corrected chi connectivity index (χ4v) is 2.53. The van der Waals surface area contributed by atoms with Crippen LogP contribution in [0.4, 0.5) is 0 Å². The lowest BCUT2D eigenvalue weighted by Gasteiger charge is -2.21. The number of nitrogens with zero attached hydrogens (tertiary/aromatic N) is 1. The molecule has 1 fully saturated rings. The molecule has 1 aromatic carbocycles. The summed E-state index contributed by atoms with van der Waals surface area (Å²) in [7, 11) is 0. The number of fused-ring (bicyclic) bond motifs is 1. The van der Waals surface area contributed by atoms with Crippen molar-refractivity contribution in [2.24, 2.45) is 0 Å². The SMILES string of the molecule is Cc1cccc2oc(CC3CCCCN3)nc12. The number of para-hydroxylation sites is 1. The Bertz CT molecular complexity index is 512. The lowest BCUT2D eigenvalue weighted by molar-refractivity contribution is 0.372. The van der Waals surface area contributed by atoms with Crippen molar-refractivity contribution in [3.8, 4) is 0 Å². The molecule has 2 heterocycles. The Hall–Kier alpha value is -1.35. The van der Waals surface area contributed by atoms with Crippen molar-refractivity contribution < 1.29 is 4.42 Å². The van der Waals surface area contributed by atoms with Crippen LogP contribution < -0.4 is 5.32 Å². The summed E-state index contributed by atoms with van der Waals surface area (Å²) in [6.45, 7) is 3.21. The average molecular weight is 230 g/mol. The molecule has 0 aliphatic carbocycles. The van der Waals surface area contributed by atoms with Gasteiger partial charge in [-0.2, -0.15) is 0 Å². The zero-order valence-electron chi connectivity index (χ0n) is 10.2. The Morgan fingerprint density at radius 3 is 3.12 bits per heavy atom. The predicted molar refractivity (Wildman–Crippen MR) is 68.1 cm³/mol. The third-order valence-corrected chi connectivity index (χ3v) is 3.50. The van der Waals surface area contributed by atoms with Gasteiger partial charge in [0.1, 0.15) is 5.52 Å². The first kappa shape index (κ1) is 10.8. The van der Waals surface area contributed by atoms with E-state index in [9.17, 15) is 0 Å². The maximum atomic E-state index is 5.80. The smallest absolute Gasteiger partial charge is 0.197 e. The highest BCUT2D eigenvalue weighted by atomic mass is 16.3. The molecule has 1 unspecified atom stereocenters. The van der Waals surface area contributed by atoms with Gasteiger partial charge in [-0.3, -0.25) is 0 Å². The fraction of sp³-hybridized carbons (Fsp3) is 0.500. The quantitative estimate of drug-likeness (QED) is 0.862. The van der Waals surface area contributed by atoms with Crippen LogP contribution in [0.15, 0.2) is 22.6 Å². The minimum Gasteiger partial charge on any atom is -0.441 e. The highest BCUT2D eigenvalue weighted by molar-refractivity contribution is 5.76. The first-order valence-corrected chi connectivity index (χ1v) is 6.41. The van der Waals surface area contributed by atoms with Crippen molar-refractivity contribution in [1.29, 1.82) is 0 Å². The Kier molecular flexibility index (Phi) is 2.85. The van der Waals surface area contributed by atoms with Crippen LogP contribution in [0.1, 0.15) is 30.7 Å². The molecule has 3 rings (SSSR count). The van der Waals surface area contributed by atoms with Gasteiger partial charge in [0.25, 0.3) is 0 Å². The monoisotopic (exact) mass is 230 g/mol. The Morgan fingerprint density at radius 2 is 2.35 bits per heavy atom. The zero-order chi connectivity index (χ0) is 11.7. The highest BCUT2D eigenvalue weighted by Gasteiger charge is 2.16. The third-order valence-electron chi connectivity index (χ3n) is 3.50. The summed E-state index contributed by atoms with van der Waals surface area (Å²) in [5.74, 6) is 0.869.